The largest absolute Gasteiger partial charge is 0.487 e. The quantitative estimate of drug-likeness (QED) is 0.854. The Balaban J connectivity index is 1.88. The fraction of sp³-hybridized carbons (Fsp3) is 0.571. The molecule has 0 spiro atoms. The van der Waals surface area contributed by atoms with Gasteiger partial charge in [-0.05, 0) is 37.5 Å². The van der Waals surface area contributed by atoms with Crippen molar-refractivity contribution in [3.63, 3.8) is 0 Å². The van der Waals surface area contributed by atoms with Crippen LogP contribution in [0.15, 0.2) is 18.2 Å². The number of hydrogen-bond donors (Lipinski definition) is 1. The Kier molecular flexibility index (Phi) is 2.40. The average molecular weight is 235 g/mol. The minimum Gasteiger partial charge on any atom is -0.487 e. The molecule has 1 saturated carbocycles. The first-order valence-electron chi connectivity index (χ1n) is 6.30. The molecule has 1 aromatic carbocycles. The van der Waals surface area contributed by atoms with Crippen molar-refractivity contribution < 1.29 is 9.13 Å². The zero-order chi connectivity index (χ0) is 12.0. The number of halogens is 1. The summed E-state index contributed by atoms with van der Waals surface area (Å²) >= 11 is 0. The van der Waals surface area contributed by atoms with Crippen molar-refractivity contribution in [3.8, 4) is 5.75 Å². The second kappa shape index (κ2) is 3.70. The fourth-order valence-electron chi connectivity index (χ4n) is 2.84. The zero-order valence-corrected chi connectivity index (χ0v) is 10.1. The van der Waals surface area contributed by atoms with Gasteiger partial charge in [-0.2, -0.15) is 0 Å². The van der Waals surface area contributed by atoms with E-state index in [-0.39, 0.29) is 17.5 Å². The molecule has 1 heterocycles. The average Bonchev–Trinajstić information content (AvgIpc) is 3.03. The van der Waals surface area contributed by atoms with E-state index >= 15 is 0 Å². The maximum Gasteiger partial charge on any atom is 0.125 e. The van der Waals surface area contributed by atoms with E-state index in [1.807, 2.05) is 0 Å². The van der Waals surface area contributed by atoms with Gasteiger partial charge in [-0.1, -0.05) is 12.8 Å². The molecule has 1 unspecified atom stereocenters. The summed E-state index contributed by atoms with van der Waals surface area (Å²) < 4.78 is 19.2. The molecule has 0 radical (unpaired) electrons. The van der Waals surface area contributed by atoms with Crippen molar-refractivity contribution in [2.75, 3.05) is 0 Å². The molecule has 2 nitrogen and oxygen atoms in total. The van der Waals surface area contributed by atoms with Gasteiger partial charge in [0, 0.05) is 18.0 Å². The molecule has 2 aliphatic rings. The van der Waals surface area contributed by atoms with Gasteiger partial charge in [0.25, 0.3) is 0 Å². The lowest BCUT2D eigenvalue weighted by atomic mass is 9.85. The zero-order valence-electron chi connectivity index (χ0n) is 10.1. The third kappa shape index (κ3) is 2.16. The van der Waals surface area contributed by atoms with Gasteiger partial charge in [0.15, 0.2) is 0 Å². The third-order valence-corrected chi connectivity index (χ3v) is 3.80. The minimum absolute atomic E-state index is 0.113. The lowest BCUT2D eigenvalue weighted by Crippen LogP contribution is -2.40. The number of ether oxygens (including phenoxy) is 1. The normalized spacial score (nSPS) is 31.8. The predicted molar refractivity (Wildman–Crippen MR) is 64.3 cm³/mol. The number of nitrogens with two attached hydrogens (primary N) is 1. The molecule has 3 heteroatoms. The van der Waals surface area contributed by atoms with Crippen LogP contribution in [-0.4, -0.2) is 5.60 Å². The van der Waals surface area contributed by atoms with Crippen LogP contribution >= 0.6 is 0 Å². The van der Waals surface area contributed by atoms with Crippen LogP contribution in [-0.2, 0) is 0 Å². The Morgan fingerprint density at radius 2 is 2.24 bits per heavy atom. The molecule has 17 heavy (non-hydrogen) atoms. The Morgan fingerprint density at radius 3 is 2.94 bits per heavy atom. The second-order valence-electron chi connectivity index (χ2n) is 5.69. The van der Waals surface area contributed by atoms with Gasteiger partial charge >= 0.3 is 0 Å². The van der Waals surface area contributed by atoms with Crippen molar-refractivity contribution in [1.29, 1.82) is 0 Å². The van der Waals surface area contributed by atoms with Crippen molar-refractivity contribution in [1.82, 2.24) is 0 Å². The molecule has 92 valence electrons. The number of benzene rings is 1. The van der Waals surface area contributed by atoms with Crippen LogP contribution in [0.4, 0.5) is 4.39 Å². The molecule has 2 N–H and O–H groups in total. The molecule has 1 aliphatic carbocycles. The molecule has 1 aliphatic heterocycles. The highest BCUT2D eigenvalue weighted by Gasteiger charge is 2.40. The highest BCUT2D eigenvalue weighted by Crippen LogP contribution is 2.45. The third-order valence-electron chi connectivity index (χ3n) is 3.80. The first-order valence-corrected chi connectivity index (χ1v) is 6.30. The molecular formula is C14H18FNO. The molecule has 0 bridgehead atoms. The summed E-state index contributed by atoms with van der Waals surface area (Å²) in [6.07, 6.45) is 4.46. The highest BCUT2D eigenvalue weighted by atomic mass is 19.1. The van der Waals surface area contributed by atoms with E-state index in [1.54, 1.807) is 6.07 Å². The number of fused-ring (bicyclic) bond motifs is 1. The lowest BCUT2D eigenvalue weighted by Gasteiger charge is -2.39. The number of rotatable bonds is 2. The first kappa shape index (κ1) is 11.0. The summed E-state index contributed by atoms with van der Waals surface area (Å²) in [5.74, 6) is 1.32. The van der Waals surface area contributed by atoms with Crippen molar-refractivity contribution >= 4 is 0 Å². The van der Waals surface area contributed by atoms with E-state index in [0.717, 1.165) is 30.1 Å². The van der Waals surface area contributed by atoms with Gasteiger partial charge in [0.05, 0.1) is 0 Å². The van der Waals surface area contributed by atoms with Gasteiger partial charge in [0.2, 0.25) is 0 Å². The van der Waals surface area contributed by atoms with Gasteiger partial charge < -0.3 is 10.5 Å². The predicted octanol–water partition coefficient (Wildman–Crippen LogP) is 3.17. The Morgan fingerprint density at radius 1 is 1.47 bits per heavy atom. The molecular weight excluding hydrogens is 217 g/mol. The molecule has 1 aromatic rings. The molecule has 3 rings (SSSR count). The second-order valence-corrected chi connectivity index (χ2v) is 5.69. The van der Waals surface area contributed by atoms with Gasteiger partial charge in [-0.25, -0.2) is 4.39 Å². The monoisotopic (exact) mass is 235 g/mol. The van der Waals surface area contributed by atoms with E-state index in [9.17, 15) is 4.39 Å². The summed E-state index contributed by atoms with van der Waals surface area (Å²) in [5.41, 5.74) is 6.77. The Hall–Kier alpha value is -1.09. The van der Waals surface area contributed by atoms with Gasteiger partial charge in [0.1, 0.15) is 17.2 Å². The maximum absolute atomic E-state index is 13.2. The molecule has 0 aromatic heterocycles. The summed E-state index contributed by atoms with van der Waals surface area (Å²) in [7, 11) is 0. The van der Waals surface area contributed by atoms with E-state index < -0.39 is 0 Å². The van der Waals surface area contributed by atoms with E-state index in [2.05, 4.69) is 6.92 Å². The first-order chi connectivity index (χ1) is 8.06. The van der Waals surface area contributed by atoms with Crippen LogP contribution in [0.25, 0.3) is 0 Å². The fourth-order valence-corrected chi connectivity index (χ4v) is 2.84. The minimum atomic E-state index is -0.242. The van der Waals surface area contributed by atoms with E-state index in [4.69, 9.17) is 10.5 Å². The van der Waals surface area contributed by atoms with Crippen LogP contribution < -0.4 is 10.5 Å². The SMILES string of the molecule is CC1(CC2CC2)C[C@H](N)c2cc(F)ccc2O1. The number of hydrogen-bond acceptors (Lipinski definition) is 2. The molecule has 0 amide bonds. The maximum atomic E-state index is 13.2. The summed E-state index contributed by atoms with van der Waals surface area (Å²) in [6, 6.07) is 4.53. The van der Waals surface area contributed by atoms with Crippen LogP contribution in [0.2, 0.25) is 0 Å². The van der Waals surface area contributed by atoms with E-state index in [1.165, 1.54) is 25.0 Å². The van der Waals surface area contributed by atoms with Crippen LogP contribution in [0, 0.1) is 11.7 Å². The smallest absolute Gasteiger partial charge is 0.125 e. The molecule has 0 saturated heterocycles. The van der Waals surface area contributed by atoms with Crippen molar-refractivity contribution in [2.45, 2.75) is 44.2 Å². The summed E-state index contributed by atoms with van der Waals surface area (Å²) in [5, 5.41) is 0. The Labute approximate surface area is 101 Å². The van der Waals surface area contributed by atoms with Crippen LogP contribution in [0.5, 0.6) is 5.75 Å². The lowest BCUT2D eigenvalue weighted by molar-refractivity contribution is 0.0400. The summed E-state index contributed by atoms with van der Waals surface area (Å²) in [6.45, 7) is 2.12. The van der Waals surface area contributed by atoms with Crippen LogP contribution in [0.1, 0.15) is 44.2 Å². The van der Waals surface area contributed by atoms with E-state index in [0.29, 0.717) is 0 Å². The van der Waals surface area contributed by atoms with Crippen molar-refractivity contribution in [3.05, 3.63) is 29.6 Å². The van der Waals surface area contributed by atoms with Crippen molar-refractivity contribution in [2.24, 2.45) is 11.7 Å². The van der Waals surface area contributed by atoms with Crippen LogP contribution in [0.3, 0.4) is 0 Å². The summed E-state index contributed by atoms with van der Waals surface area (Å²) in [4.78, 5) is 0. The molecule has 2 atom stereocenters. The van der Waals surface area contributed by atoms with Gasteiger partial charge in [-0.15, -0.1) is 0 Å². The van der Waals surface area contributed by atoms with Gasteiger partial charge in [-0.3, -0.25) is 0 Å². The molecule has 1 fully saturated rings. The highest BCUT2D eigenvalue weighted by molar-refractivity contribution is 5.39. The topological polar surface area (TPSA) is 35.2 Å². The standard InChI is InChI=1S/C14H18FNO/c1-14(7-9-2-3-9)8-12(16)11-6-10(15)4-5-13(11)17-14/h4-6,9,12H,2-3,7-8,16H2,1H3/t12-,14?/m0/s1. The Bertz CT molecular complexity index is 444.